The minimum absolute atomic E-state index is 0.0539. The molecule has 0 bridgehead atoms. The number of alkyl carbamates (subject to hydrolysis) is 1. The first-order chi connectivity index (χ1) is 14.0. The third-order valence-electron chi connectivity index (χ3n) is 5.13. The number of amides is 1. The summed E-state index contributed by atoms with van der Waals surface area (Å²) < 4.78 is 5.49. The minimum Gasteiger partial charge on any atom is -0.481 e. The molecule has 3 rings (SSSR count). The molecule has 154 valence electrons. The van der Waals surface area contributed by atoms with Crippen molar-refractivity contribution in [3.63, 3.8) is 0 Å². The fourth-order valence-corrected chi connectivity index (χ4v) is 4.21. The van der Waals surface area contributed by atoms with Crippen molar-refractivity contribution in [1.29, 1.82) is 0 Å². The largest absolute Gasteiger partial charge is 0.481 e. The van der Waals surface area contributed by atoms with Crippen LogP contribution in [0.25, 0.3) is 11.1 Å². The van der Waals surface area contributed by atoms with E-state index in [0.29, 0.717) is 12.2 Å². The van der Waals surface area contributed by atoms with Crippen LogP contribution in [0.1, 0.15) is 29.9 Å². The van der Waals surface area contributed by atoms with Crippen molar-refractivity contribution < 1.29 is 24.5 Å². The van der Waals surface area contributed by atoms with E-state index < -0.39 is 30.6 Å². The summed E-state index contributed by atoms with van der Waals surface area (Å²) in [6.45, 7) is 0.171. The van der Waals surface area contributed by atoms with Gasteiger partial charge in [0.05, 0.1) is 18.6 Å². The monoisotopic (exact) mass is 415 g/mol. The smallest absolute Gasteiger partial charge is 0.407 e. The first-order valence-electron chi connectivity index (χ1n) is 9.51. The fraction of sp³-hybridized carbons (Fsp3) is 0.364. The molecule has 0 fully saturated rings. The van der Waals surface area contributed by atoms with Crippen LogP contribution in [0, 0.1) is 0 Å². The van der Waals surface area contributed by atoms with Gasteiger partial charge in [-0.3, -0.25) is 4.79 Å². The molecule has 1 aliphatic carbocycles. The Hall–Kier alpha value is -2.51. The molecule has 2 aromatic rings. The Kier molecular flexibility index (Phi) is 7.17. The minimum atomic E-state index is -1.17. The molecule has 29 heavy (non-hydrogen) atoms. The zero-order chi connectivity index (χ0) is 20.8. The van der Waals surface area contributed by atoms with Crippen molar-refractivity contribution in [1.82, 2.24) is 5.32 Å². The van der Waals surface area contributed by atoms with Gasteiger partial charge in [0.1, 0.15) is 6.61 Å². The van der Waals surface area contributed by atoms with E-state index in [-0.39, 0.29) is 12.5 Å². The van der Waals surface area contributed by atoms with Crippen molar-refractivity contribution in [3.8, 4) is 11.1 Å². The van der Waals surface area contributed by atoms with Gasteiger partial charge in [0.25, 0.3) is 0 Å². The van der Waals surface area contributed by atoms with Crippen LogP contribution < -0.4 is 5.32 Å². The van der Waals surface area contributed by atoms with E-state index in [4.69, 9.17) is 9.84 Å². The summed E-state index contributed by atoms with van der Waals surface area (Å²) in [7, 11) is 0. The number of aliphatic hydroxyl groups is 1. The number of carbonyl (C=O) groups excluding carboxylic acids is 1. The highest BCUT2D eigenvalue weighted by molar-refractivity contribution is 7.98. The summed E-state index contributed by atoms with van der Waals surface area (Å²) >= 11 is 1.56. The second kappa shape index (κ2) is 9.80. The number of aliphatic carboxylic acids is 1. The van der Waals surface area contributed by atoms with Crippen molar-refractivity contribution in [2.24, 2.45) is 0 Å². The molecular formula is C22H25NO5S. The molecule has 6 nitrogen and oxygen atoms in total. The predicted molar refractivity (Wildman–Crippen MR) is 113 cm³/mol. The van der Waals surface area contributed by atoms with Gasteiger partial charge in [-0.2, -0.15) is 11.8 Å². The van der Waals surface area contributed by atoms with Gasteiger partial charge in [-0.25, -0.2) is 4.79 Å². The molecule has 1 amide bonds. The van der Waals surface area contributed by atoms with Crippen LogP contribution in [0.2, 0.25) is 0 Å². The highest BCUT2D eigenvalue weighted by Gasteiger charge is 2.30. The van der Waals surface area contributed by atoms with Gasteiger partial charge in [-0.15, -0.1) is 0 Å². The maximum absolute atomic E-state index is 12.4. The second-order valence-corrected chi connectivity index (χ2v) is 8.01. The molecule has 0 saturated carbocycles. The van der Waals surface area contributed by atoms with Crippen LogP contribution in [0.3, 0.4) is 0 Å². The van der Waals surface area contributed by atoms with E-state index >= 15 is 0 Å². The summed E-state index contributed by atoms with van der Waals surface area (Å²) in [6.07, 6.45) is 0.124. The Labute approximate surface area is 174 Å². The summed E-state index contributed by atoms with van der Waals surface area (Å²) in [5.41, 5.74) is 4.52. The zero-order valence-electron chi connectivity index (χ0n) is 16.2. The first kappa shape index (κ1) is 21.2. The van der Waals surface area contributed by atoms with Crippen LogP contribution in [0.15, 0.2) is 48.5 Å². The number of carboxylic acid groups (broad SMARTS) is 1. The number of ether oxygens (including phenoxy) is 1. The Morgan fingerprint density at radius 2 is 1.69 bits per heavy atom. The maximum Gasteiger partial charge on any atom is 0.407 e. The lowest BCUT2D eigenvalue weighted by molar-refractivity contribution is -0.139. The van der Waals surface area contributed by atoms with Crippen LogP contribution in [-0.4, -0.2) is 53.0 Å². The van der Waals surface area contributed by atoms with E-state index in [2.05, 4.69) is 17.4 Å². The van der Waals surface area contributed by atoms with Crippen LogP contribution in [0.5, 0.6) is 0 Å². The summed E-state index contributed by atoms with van der Waals surface area (Å²) in [6, 6.07) is 15.5. The lowest BCUT2D eigenvalue weighted by Crippen LogP contribution is -2.45. The highest BCUT2D eigenvalue weighted by Crippen LogP contribution is 2.44. The third kappa shape index (κ3) is 5.10. The van der Waals surface area contributed by atoms with Gasteiger partial charge in [0, 0.05) is 5.92 Å². The normalized spacial score (nSPS) is 14.6. The number of carboxylic acids is 1. The number of hydrogen-bond donors (Lipinski definition) is 3. The Morgan fingerprint density at radius 3 is 2.24 bits per heavy atom. The summed E-state index contributed by atoms with van der Waals surface area (Å²) in [4.78, 5) is 23.3. The number of benzene rings is 2. The molecule has 1 aliphatic rings. The average Bonchev–Trinajstić information content (AvgIpc) is 3.03. The Bertz CT molecular complexity index is 826. The lowest BCUT2D eigenvalue weighted by Gasteiger charge is -2.23. The van der Waals surface area contributed by atoms with Gasteiger partial charge < -0.3 is 20.3 Å². The van der Waals surface area contributed by atoms with Gasteiger partial charge in [0.15, 0.2) is 0 Å². The van der Waals surface area contributed by atoms with E-state index in [9.17, 15) is 14.7 Å². The number of thioether (sulfide) groups is 1. The van der Waals surface area contributed by atoms with E-state index in [0.717, 1.165) is 22.3 Å². The molecule has 0 unspecified atom stereocenters. The molecule has 0 heterocycles. The van der Waals surface area contributed by atoms with Crippen LogP contribution in [-0.2, 0) is 9.53 Å². The SMILES string of the molecule is CSCC[C@H](NC(=O)OCC1c2ccccc2-c2ccccc21)[C@@H](O)CC(=O)O. The Morgan fingerprint density at radius 1 is 1.10 bits per heavy atom. The summed E-state index contributed by atoms with van der Waals surface area (Å²) in [5.74, 6) is -0.479. The lowest BCUT2D eigenvalue weighted by atomic mass is 9.98. The second-order valence-electron chi connectivity index (χ2n) is 7.02. The predicted octanol–water partition coefficient (Wildman–Crippen LogP) is 3.48. The van der Waals surface area contributed by atoms with Crippen molar-refractivity contribution in [3.05, 3.63) is 59.7 Å². The standard InChI is InChI=1S/C22H25NO5S/c1-29-11-10-19(20(24)12-21(25)26)23-22(27)28-13-18-16-8-4-2-6-14(16)15-7-3-5-9-17(15)18/h2-9,18-20,24H,10-13H2,1H3,(H,23,27)(H,25,26)/t19-,20-/m0/s1. The number of rotatable bonds is 9. The van der Waals surface area contributed by atoms with Gasteiger partial charge >= 0.3 is 12.1 Å². The van der Waals surface area contributed by atoms with E-state index in [1.54, 1.807) is 11.8 Å². The maximum atomic E-state index is 12.4. The molecule has 0 aromatic heterocycles. The third-order valence-corrected chi connectivity index (χ3v) is 5.77. The fourth-order valence-electron chi connectivity index (χ4n) is 3.72. The van der Waals surface area contributed by atoms with Crippen molar-refractivity contribution in [2.75, 3.05) is 18.6 Å². The zero-order valence-corrected chi connectivity index (χ0v) is 17.0. The van der Waals surface area contributed by atoms with Crippen molar-refractivity contribution in [2.45, 2.75) is 30.9 Å². The molecule has 2 aromatic carbocycles. The molecule has 0 saturated heterocycles. The van der Waals surface area contributed by atoms with Crippen LogP contribution in [0.4, 0.5) is 4.79 Å². The van der Waals surface area contributed by atoms with E-state index in [1.165, 1.54) is 0 Å². The Balaban J connectivity index is 1.66. The first-order valence-corrected chi connectivity index (χ1v) is 10.9. The van der Waals surface area contributed by atoms with Crippen LogP contribution >= 0.6 is 11.8 Å². The number of hydrogen-bond acceptors (Lipinski definition) is 5. The molecule has 0 radical (unpaired) electrons. The number of fused-ring (bicyclic) bond motifs is 3. The van der Waals surface area contributed by atoms with Gasteiger partial charge in [-0.05, 0) is 40.7 Å². The number of aliphatic hydroxyl groups excluding tert-OH is 1. The van der Waals surface area contributed by atoms with Gasteiger partial charge in [-0.1, -0.05) is 48.5 Å². The summed E-state index contributed by atoms with van der Waals surface area (Å²) in [5, 5.41) is 21.7. The van der Waals surface area contributed by atoms with E-state index in [1.807, 2.05) is 42.7 Å². The average molecular weight is 416 g/mol. The molecule has 0 aliphatic heterocycles. The number of carbonyl (C=O) groups is 2. The number of nitrogens with one attached hydrogen (secondary N) is 1. The molecule has 0 spiro atoms. The molecule has 3 N–H and O–H groups in total. The van der Waals surface area contributed by atoms with Crippen molar-refractivity contribution >= 4 is 23.8 Å². The van der Waals surface area contributed by atoms with Gasteiger partial charge in [0.2, 0.25) is 0 Å². The molecule has 7 heteroatoms. The molecule has 2 atom stereocenters. The quantitative estimate of drug-likeness (QED) is 0.580. The molecular weight excluding hydrogens is 390 g/mol. The topological polar surface area (TPSA) is 95.9 Å². The highest BCUT2D eigenvalue weighted by atomic mass is 32.2.